The van der Waals surface area contributed by atoms with Crippen LogP contribution in [0.1, 0.15) is 100 Å². The second-order valence-electron chi connectivity index (χ2n) is 13.8. The Bertz CT molecular complexity index is 1050. The average Bonchev–Trinajstić information content (AvgIpc) is 3.09. The third-order valence-corrected chi connectivity index (χ3v) is 11.7. The zero-order valence-corrected chi connectivity index (χ0v) is 24.2. The molecular weight excluding hydrogens is 464 g/mol. The lowest BCUT2D eigenvalue weighted by Crippen LogP contribution is -2.57. The van der Waals surface area contributed by atoms with Gasteiger partial charge in [0.25, 0.3) is 0 Å². The van der Waals surface area contributed by atoms with Crippen molar-refractivity contribution in [3.05, 3.63) is 34.9 Å². The summed E-state index contributed by atoms with van der Waals surface area (Å²) in [6.45, 7) is 17.0. The van der Waals surface area contributed by atoms with Crippen molar-refractivity contribution in [3.63, 3.8) is 0 Å². The molecule has 8 atom stereocenters. The first-order chi connectivity index (χ1) is 17.1. The first kappa shape index (κ1) is 28.1. The molecule has 1 unspecified atom stereocenters. The maximum Gasteiger partial charge on any atom is 0.330 e. The minimum atomic E-state index is -0.859. The van der Waals surface area contributed by atoms with Crippen LogP contribution in [0.25, 0.3) is 0 Å². The smallest absolute Gasteiger partial charge is 0.330 e. The summed E-state index contributed by atoms with van der Waals surface area (Å²) in [5.74, 6) is -0.0382. The van der Waals surface area contributed by atoms with Crippen LogP contribution in [0, 0.1) is 39.4 Å². The number of aliphatic hydroxyl groups is 1. The van der Waals surface area contributed by atoms with Crippen LogP contribution in [0.5, 0.6) is 0 Å². The van der Waals surface area contributed by atoms with Gasteiger partial charge in [0.15, 0.2) is 0 Å². The van der Waals surface area contributed by atoms with Crippen molar-refractivity contribution in [1.29, 1.82) is 0 Å². The van der Waals surface area contributed by atoms with Crippen molar-refractivity contribution >= 4 is 11.9 Å². The standard InChI is InChI=1S/C32H48O5/c1-19(10-9-11-20(2)28(35)36)22-14-17-31(7)23-12-13-25-29(4,5)26(34)15-16-30(25,6)24(23)18-27(32(22,31)8)37-21(3)33/h11-12,18-19,22,25-27,34H,9-10,13-17H2,1-8H3,(H,35,36)/b20-11-/t19-,22-,25?,26+,27-,30-,31+,32+/m1/s1. The quantitative estimate of drug-likeness (QED) is 0.300. The van der Waals surface area contributed by atoms with E-state index in [-0.39, 0.29) is 39.8 Å². The summed E-state index contributed by atoms with van der Waals surface area (Å²) in [5.41, 5.74) is 2.60. The van der Waals surface area contributed by atoms with Gasteiger partial charge >= 0.3 is 11.9 Å². The number of carbonyl (C=O) groups is 2. The van der Waals surface area contributed by atoms with Crippen LogP contribution in [-0.2, 0) is 14.3 Å². The van der Waals surface area contributed by atoms with Gasteiger partial charge in [-0.2, -0.15) is 0 Å². The lowest BCUT2D eigenvalue weighted by molar-refractivity contribution is -0.158. The van der Waals surface area contributed by atoms with Crippen LogP contribution in [0.2, 0.25) is 0 Å². The zero-order chi connectivity index (χ0) is 27.6. The van der Waals surface area contributed by atoms with Gasteiger partial charge in [0.05, 0.1) is 6.10 Å². The summed E-state index contributed by atoms with van der Waals surface area (Å²) in [6.07, 6.45) is 12.5. The van der Waals surface area contributed by atoms with Gasteiger partial charge in [-0.1, -0.05) is 53.7 Å². The molecule has 0 heterocycles. The maximum atomic E-state index is 12.4. The van der Waals surface area contributed by atoms with Crippen molar-refractivity contribution in [2.24, 2.45) is 39.4 Å². The van der Waals surface area contributed by atoms with Crippen molar-refractivity contribution in [1.82, 2.24) is 0 Å². The van der Waals surface area contributed by atoms with E-state index in [9.17, 15) is 19.8 Å². The fraction of sp³-hybridized carbons (Fsp3) is 0.750. The molecule has 0 aromatic carbocycles. The molecule has 0 aromatic rings. The van der Waals surface area contributed by atoms with Crippen molar-refractivity contribution in [2.45, 2.75) is 113 Å². The van der Waals surface area contributed by atoms with Gasteiger partial charge in [0.1, 0.15) is 6.10 Å². The number of aliphatic carboxylic acids is 1. The van der Waals surface area contributed by atoms with E-state index in [4.69, 9.17) is 4.74 Å². The fourth-order valence-corrected chi connectivity index (χ4v) is 9.14. The van der Waals surface area contributed by atoms with Gasteiger partial charge in [0.2, 0.25) is 0 Å². The summed E-state index contributed by atoms with van der Waals surface area (Å²) in [5, 5.41) is 20.1. The molecule has 4 aliphatic rings. The van der Waals surface area contributed by atoms with Crippen LogP contribution >= 0.6 is 0 Å². The molecule has 0 amide bonds. The Labute approximate surface area is 223 Å². The van der Waals surface area contributed by atoms with E-state index < -0.39 is 5.97 Å². The number of carboxylic acids is 1. The van der Waals surface area contributed by atoms with Crippen LogP contribution in [0.3, 0.4) is 0 Å². The number of hydrogen-bond acceptors (Lipinski definition) is 4. The predicted octanol–water partition coefficient (Wildman–Crippen LogP) is 6.86. The van der Waals surface area contributed by atoms with Gasteiger partial charge < -0.3 is 14.9 Å². The molecule has 206 valence electrons. The highest BCUT2D eigenvalue weighted by atomic mass is 16.5. The Morgan fingerprint density at radius 3 is 2.41 bits per heavy atom. The monoisotopic (exact) mass is 512 g/mol. The summed E-state index contributed by atoms with van der Waals surface area (Å²) < 4.78 is 6.19. The minimum Gasteiger partial charge on any atom is -0.478 e. The van der Waals surface area contributed by atoms with E-state index in [0.717, 1.165) is 44.9 Å². The third kappa shape index (κ3) is 4.15. The highest BCUT2D eigenvalue weighted by Gasteiger charge is 2.66. The number of carboxylic acid groups (broad SMARTS) is 1. The Balaban J connectivity index is 1.75. The molecule has 0 bridgehead atoms. The first-order valence-corrected chi connectivity index (χ1v) is 14.3. The zero-order valence-electron chi connectivity index (χ0n) is 24.2. The van der Waals surface area contributed by atoms with Gasteiger partial charge in [-0.05, 0) is 97.7 Å². The molecule has 0 spiro atoms. The Morgan fingerprint density at radius 1 is 1.11 bits per heavy atom. The molecule has 2 fully saturated rings. The molecule has 0 radical (unpaired) electrons. The van der Waals surface area contributed by atoms with Crippen LogP contribution in [-0.4, -0.2) is 34.4 Å². The first-order valence-electron chi connectivity index (χ1n) is 14.3. The average molecular weight is 513 g/mol. The van der Waals surface area contributed by atoms with Crippen LogP contribution in [0.4, 0.5) is 0 Å². The topological polar surface area (TPSA) is 83.8 Å². The number of allylic oxidation sites excluding steroid dienone is 4. The second kappa shape index (κ2) is 9.39. The van der Waals surface area contributed by atoms with Crippen molar-refractivity contribution < 1.29 is 24.5 Å². The largest absolute Gasteiger partial charge is 0.478 e. The predicted molar refractivity (Wildman–Crippen MR) is 146 cm³/mol. The lowest BCUT2D eigenvalue weighted by Gasteiger charge is -2.62. The number of aliphatic hydroxyl groups excluding tert-OH is 1. The summed E-state index contributed by atoms with van der Waals surface area (Å²) >= 11 is 0. The van der Waals surface area contributed by atoms with Crippen molar-refractivity contribution in [2.75, 3.05) is 0 Å². The summed E-state index contributed by atoms with van der Waals surface area (Å²) in [6, 6.07) is 0. The maximum absolute atomic E-state index is 12.4. The number of rotatable bonds is 6. The Hall–Kier alpha value is -1.88. The van der Waals surface area contributed by atoms with E-state index in [2.05, 4.69) is 53.7 Å². The van der Waals surface area contributed by atoms with E-state index in [0.29, 0.717) is 23.3 Å². The lowest BCUT2D eigenvalue weighted by atomic mass is 9.43. The highest BCUT2D eigenvalue weighted by molar-refractivity contribution is 5.85. The number of esters is 1. The van der Waals surface area contributed by atoms with E-state index in [1.54, 1.807) is 6.92 Å². The molecule has 5 nitrogen and oxygen atoms in total. The van der Waals surface area contributed by atoms with Gasteiger partial charge in [-0.15, -0.1) is 0 Å². The minimum absolute atomic E-state index is 0.0571. The van der Waals surface area contributed by atoms with E-state index >= 15 is 0 Å². The van der Waals surface area contributed by atoms with Crippen molar-refractivity contribution in [3.8, 4) is 0 Å². The molecule has 2 saturated carbocycles. The van der Waals surface area contributed by atoms with Gasteiger partial charge in [-0.25, -0.2) is 4.79 Å². The van der Waals surface area contributed by atoms with E-state index in [1.165, 1.54) is 18.1 Å². The van der Waals surface area contributed by atoms with Crippen LogP contribution < -0.4 is 0 Å². The molecule has 0 saturated heterocycles. The second-order valence-corrected chi connectivity index (χ2v) is 13.8. The Kier molecular flexibility index (Phi) is 7.14. The van der Waals surface area contributed by atoms with Crippen LogP contribution in [0.15, 0.2) is 34.9 Å². The molecule has 2 N–H and O–H groups in total. The molecule has 0 aromatic heterocycles. The fourth-order valence-electron chi connectivity index (χ4n) is 9.14. The van der Waals surface area contributed by atoms with E-state index in [1.807, 2.05) is 6.08 Å². The number of ether oxygens (including phenoxy) is 1. The molecule has 37 heavy (non-hydrogen) atoms. The van der Waals surface area contributed by atoms with Gasteiger partial charge in [0, 0.05) is 23.3 Å². The molecule has 4 aliphatic carbocycles. The summed E-state index contributed by atoms with van der Waals surface area (Å²) in [7, 11) is 0. The SMILES string of the molecule is CC(=O)O[C@@H]1C=C2C(=CCC3C(C)(C)[C@@H](O)CC[C@]23C)[C@]2(C)CC[C@H]([C@H](C)CC/C=C(/C)C(=O)O)[C@@]12C. The normalized spacial score (nSPS) is 41.5. The number of carbonyl (C=O) groups excluding carboxylic acids is 1. The molecule has 0 aliphatic heterocycles. The highest BCUT2D eigenvalue weighted by Crippen LogP contribution is 2.72. The molecule has 4 rings (SSSR count). The number of fused-ring (bicyclic) bond motifs is 5. The van der Waals surface area contributed by atoms with Gasteiger partial charge in [-0.3, -0.25) is 4.79 Å². The summed E-state index contributed by atoms with van der Waals surface area (Å²) in [4.78, 5) is 23.7. The third-order valence-electron chi connectivity index (χ3n) is 11.7. The molecular formula is C32H48O5. The molecule has 5 heteroatoms. The number of hydrogen-bond donors (Lipinski definition) is 2. The Morgan fingerprint density at radius 2 is 1.78 bits per heavy atom.